The molecule has 5 nitrogen and oxygen atoms in total. The first kappa shape index (κ1) is 18.6. The van der Waals surface area contributed by atoms with Crippen molar-refractivity contribution in [3.05, 3.63) is 12.2 Å². The maximum absolute atomic E-state index is 11.3. The van der Waals surface area contributed by atoms with Gasteiger partial charge in [0.05, 0.1) is 0 Å². The van der Waals surface area contributed by atoms with E-state index in [0.29, 0.717) is 5.91 Å². The molecule has 0 aliphatic carbocycles. The highest BCUT2D eigenvalue weighted by Gasteiger charge is 2.18. The van der Waals surface area contributed by atoms with Crippen LogP contribution in [0.4, 0.5) is 0 Å². The van der Waals surface area contributed by atoms with Gasteiger partial charge in [-0.25, -0.2) is 0 Å². The van der Waals surface area contributed by atoms with Crippen LogP contribution in [0.3, 0.4) is 0 Å². The SMILES string of the molecule is C/C=C\C(=O)NCCCCCCN1CCCC1=O.CO. The Hall–Kier alpha value is -1.36. The topological polar surface area (TPSA) is 69.6 Å². The van der Waals surface area contributed by atoms with Crippen LogP contribution in [0.5, 0.6) is 0 Å². The van der Waals surface area contributed by atoms with Crippen molar-refractivity contribution in [3.8, 4) is 0 Å². The third-order valence-electron chi connectivity index (χ3n) is 3.14. The van der Waals surface area contributed by atoms with Crippen molar-refractivity contribution in [2.75, 3.05) is 26.7 Å². The van der Waals surface area contributed by atoms with E-state index in [0.717, 1.165) is 65.3 Å². The number of rotatable bonds is 8. The van der Waals surface area contributed by atoms with Crippen molar-refractivity contribution in [2.24, 2.45) is 0 Å². The van der Waals surface area contributed by atoms with Crippen molar-refractivity contribution in [1.82, 2.24) is 10.2 Å². The number of hydrogen-bond donors (Lipinski definition) is 2. The van der Waals surface area contributed by atoms with Gasteiger partial charge >= 0.3 is 0 Å². The highest BCUT2D eigenvalue weighted by molar-refractivity contribution is 5.87. The van der Waals surface area contributed by atoms with Crippen molar-refractivity contribution < 1.29 is 14.7 Å². The second-order valence-electron chi connectivity index (χ2n) is 4.69. The van der Waals surface area contributed by atoms with Crippen LogP contribution in [0.25, 0.3) is 0 Å². The highest BCUT2D eigenvalue weighted by atomic mass is 16.2. The largest absolute Gasteiger partial charge is 0.400 e. The van der Waals surface area contributed by atoms with Gasteiger partial charge in [0, 0.05) is 33.2 Å². The molecule has 0 aromatic rings. The average Bonchev–Trinajstić information content (AvgIpc) is 2.86. The van der Waals surface area contributed by atoms with Crippen LogP contribution in [0.15, 0.2) is 12.2 Å². The molecule has 1 aliphatic rings. The molecule has 5 heteroatoms. The summed E-state index contributed by atoms with van der Waals surface area (Å²) >= 11 is 0. The van der Waals surface area contributed by atoms with Gasteiger partial charge in [-0.3, -0.25) is 9.59 Å². The lowest BCUT2D eigenvalue weighted by atomic mass is 10.2. The fraction of sp³-hybridized carbons (Fsp3) is 0.733. The van der Waals surface area contributed by atoms with Crippen LogP contribution in [-0.4, -0.2) is 48.6 Å². The van der Waals surface area contributed by atoms with Gasteiger partial charge in [-0.15, -0.1) is 0 Å². The van der Waals surface area contributed by atoms with E-state index in [1.54, 1.807) is 12.2 Å². The summed E-state index contributed by atoms with van der Waals surface area (Å²) in [5.74, 6) is 0.300. The summed E-state index contributed by atoms with van der Waals surface area (Å²) in [5.41, 5.74) is 0. The number of aliphatic hydroxyl groups excluding tert-OH is 1. The molecule has 0 aromatic heterocycles. The van der Waals surface area contributed by atoms with Crippen LogP contribution in [0.1, 0.15) is 45.4 Å². The van der Waals surface area contributed by atoms with Gasteiger partial charge < -0.3 is 15.3 Å². The van der Waals surface area contributed by atoms with Crippen molar-refractivity contribution in [1.29, 1.82) is 0 Å². The number of aliphatic hydroxyl groups is 1. The number of nitrogens with one attached hydrogen (secondary N) is 1. The maximum atomic E-state index is 11.3. The molecule has 1 rings (SSSR count). The normalized spacial score (nSPS) is 14.3. The molecule has 0 unspecified atom stereocenters. The van der Waals surface area contributed by atoms with Gasteiger partial charge in [0.1, 0.15) is 0 Å². The summed E-state index contributed by atoms with van der Waals surface area (Å²) in [7, 11) is 1.00. The van der Waals surface area contributed by atoms with Crippen molar-refractivity contribution in [2.45, 2.75) is 45.4 Å². The van der Waals surface area contributed by atoms with E-state index in [4.69, 9.17) is 5.11 Å². The predicted molar refractivity (Wildman–Crippen MR) is 80.2 cm³/mol. The molecule has 116 valence electrons. The van der Waals surface area contributed by atoms with E-state index < -0.39 is 0 Å². The fourth-order valence-electron chi connectivity index (χ4n) is 2.14. The van der Waals surface area contributed by atoms with E-state index in [1.807, 2.05) is 11.8 Å². The van der Waals surface area contributed by atoms with Crippen LogP contribution in [0.2, 0.25) is 0 Å². The molecular formula is C15H28N2O3. The minimum atomic E-state index is -0.0137. The van der Waals surface area contributed by atoms with Gasteiger partial charge in [0.2, 0.25) is 11.8 Å². The Labute approximate surface area is 122 Å². The molecule has 0 radical (unpaired) electrons. The molecule has 2 N–H and O–H groups in total. The number of unbranched alkanes of at least 4 members (excludes halogenated alkanes) is 3. The zero-order chi connectivity index (χ0) is 15.2. The van der Waals surface area contributed by atoms with Crippen molar-refractivity contribution >= 4 is 11.8 Å². The van der Waals surface area contributed by atoms with Crippen LogP contribution in [-0.2, 0) is 9.59 Å². The average molecular weight is 284 g/mol. The number of hydrogen-bond acceptors (Lipinski definition) is 3. The van der Waals surface area contributed by atoms with Crippen LogP contribution < -0.4 is 5.32 Å². The van der Waals surface area contributed by atoms with Crippen LogP contribution in [0, 0.1) is 0 Å². The summed E-state index contributed by atoms with van der Waals surface area (Å²) in [4.78, 5) is 24.4. The van der Waals surface area contributed by atoms with Gasteiger partial charge in [-0.2, -0.15) is 0 Å². The molecule has 1 fully saturated rings. The smallest absolute Gasteiger partial charge is 0.243 e. The zero-order valence-electron chi connectivity index (χ0n) is 12.7. The number of carbonyl (C=O) groups is 2. The molecule has 0 bridgehead atoms. The quantitative estimate of drug-likeness (QED) is 0.524. The molecule has 0 aromatic carbocycles. The summed E-state index contributed by atoms with van der Waals surface area (Å²) in [5, 5.41) is 9.83. The summed E-state index contributed by atoms with van der Waals surface area (Å²) < 4.78 is 0. The molecule has 2 amide bonds. The Morgan fingerprint density at radius 3 is 2.60 bits per heavy atom. The lowest BCUT2D eigenvalue weighted by Gasteiger charge is -2.14. The molecular weight excluding hydrogens is 256 g/mol. The Morgan fingerprint density at radius 2 is 2.00 bits per heavy atom. The second kappa shape index (κ2) is 12.7. The summed E-state index contributed by atoms with van der Waals surface area (Å²) in [6.45, 7) is 4.42. The minimum Gasteiger partial charge on any atom is -0.400 e. The maximum Gasteiger partial charge on any atom is 0.243 e. The molecule has 0 saturated carbocycles. The molecule has 20 heavy (non-hydrogen) atoms. The van der Waals surface area contributed by atoms with Gasteiger partial charge in [0.25, 0.3) is 0 Å². The first-order valence-corrected chi connectivity index (χ1v) is 7.37. The van der Waals surface area contributed by atoms with E-state index in [1.165, 1.54) is 0 Å². The standard InChI is InChI=1S/C14H24N2O2.CH4O/c1-2-8-13(17)15-10-5-3-4-6-11-16-12-7-9-14(16)18;1-2/h2,8H,3-7,9-12H2,1H3,(H,15,17);2H,1H3/b8-2-;. The monoisotopic (exact) mass is 284 g/mol. The van der Waals surface area contributed by atoms with Gasteiger partial charge in [-0.1, -0.05) is 18.9 Å². The number of nitrogens with zero attached hydrogens (tertiary/aromatic N) is 1. The Kier molecular flexibility index (Phi) is 11.8. The number of likely N-dealkylation sites (tertiary alicyclic amines) is 1. The zero-order valence-corrected chi connectivity index (χ0v) is 12.7. The van der Waals surface area contributed by atoms with Gasteiger partial charge in [0.15, 0.2) is 0 Å². The predicted octanol–water partition coefficient (Wildman–Crippen LogP) is 1.47. The van der Waals surface area contributed by atoms with Crippen molar-refractivity contribution in [3.63, 3.8) is 0 Å². The fourth-order valence-corrected chi connectivity index (χ4v) is 2.14. The number of carbonyl (C=O) groups excluding carboxylic acids is 2. The van der Waals surface area contributed by atoms with E-state index in [9.17, 15) is 9.59 Å². The molecule has 1 heterocycles. The van der Waals surface area contributed by atoms with E-state index in [2.05, 4.69) is 5.32 Å². The Morgan fingerprint density at radius 1 is 1.30 bits per heavy atom. The molecule has 0 atom stereocenters. The Balaban J connectivity index is 0.00000172. The Bertz CT molecular complexity index is 303. The number of amides is 2. The molecule has 1 saturated heterocycles. The van der Waals surface area contributed by atoms with E-state index >= 15 is 0 Å². The second-order valence-corrected chi connectivity index (χ2v) is 4.69. The third kappa shape index (κ3) is 8.69. The lowest BCUT2D eigenvalue weighted by molar-refractivity contribution is -0.127. The lowest BCUT2D eigenvalue weighted by Crippen LogP contribution is -2.25. The summed E-state index contributed by atoms with van der Waals surface area (Å²) in [6.07, 6.45) is 9.36. The highest BCUT2D eigenvalue weighted by Crippen LogP contribution is 2.11. The first-order valence-electron chi connectivity index (χ1n) is 7.37. The third-order valence-corrected chi connectivity index (χ3v) is 3.14. The molecule has 0 spiro atoms. The van der Waals surface area contributed by atoms with Crippen LogP contribution >= 0.6 is 0 Å². The van der Waals surface area contributed by atoms with E-state index in [-0.39, 0.29) is 5.91 Å². The summed E-state index contributed by atoms with van der Waals surface area (Å²) in [6, 6.07) is 0. The number of allylic oxidation sites excluding steroid dienone is 1. The molecule has 1 aliphatic heterocycles. The first-order chi connectivity index (χ1) is 9.74. The van der Waals surface area contributed by atoms with Gasteiger partial charge in [-0.05, 0) is 32.3 Å². The minimum absolute atomic E-state index is 0.0137.